The second-order valence-electron chi connectivity index (χ2n) is 4.68. The second-order valence-corrected chi connectivity index (χ2v) is 6.11. The first-order valence-electron chi connectivity index (χ1n) is 6.01. The molecule has 1 aliphatic rings. The number of carbonyl (C=O) groups excluding carboxylic acids is 1. The Morgan fingerprint density at radius 2 is 2.24 bits per heavy atom. The molecule has 1 aliphatic heterocycles. The summed E-state index contributed by atoms with van der Waals surface area (Å²) in [6, 6.07) is 3.62. The van der Waals surface area contributed by atoms with Crippen molar-refractivity contribution in [2.75, 3.05) is 23.7 Å². The molecule has 112 valence electrons. The molecule has 2 rings (SSSR count). The molecule has 1 aromatic carbocycles. The highest BCUT2D eigenvalue weighted by atomic mass is 32.2. The van der Waals surface area contributed by atoms with Gasteiger partial charge in [0.15, 0.2) is 0 Å². The van der Waals surface area contributed by atoms with Crippen molar-refractivity contribution in [1.82, 2.24) is 0 Å². The van der Waals surface area contributed by atoms with E-state index >= 15 is 0 Å². The summed E-state index contributed by atoms with van der Waals surface area (Å²) in [4.78, 5) is 15.6. The van der Waals surface area contributed by atoms with Crippen molar-refractivity contribution in [3.63, 3.8) is 0 Å². The van der Waals surface area contributed by atoms with E-state index in [0.29, 0.717) is 0 Å². The van der Waals surface area contributed by atoms with Crippen LogP contribution in [0.2, 0.25) is 0 Å². The van der Waals surface area contributed by atoms with E-state index in [-0.39, 0.29) is 47.6 Å². The quantitative estimate of drug-likeness (QED) is 0.281. The lowest BCUT2D eigenvalue weighted by Gasteiger charge is -2.19. The Kier molecular flexibility index (Phi) is 4.03. The van der Waals surface area contributed by atoms with Crippen LogP contribution in [0.5, 0.6) is 0 Å². The summed E-state index contributed by atoms with van der Waals surface area (Å²) >= 11 is 0. The molecule has 0 bridgehead atoms. The fourth-order valence-corrected chi connectivity index (χ4v) is 2.71. The minimum absolute atomic E-state index is 0.151. The minimum Gasteiger partial charge on any atom is -0.397 e. The zero-order valence-corrected chi connectivity index (χ0v) is 11.7. The van der Waals surface area contributed by atoms with Crippen LogP contribution in [0, 0.1) is 5.92 Å². The molecule has 3 N–H and O–H groups in total. The Morgan fingerprint density at radius 3 is 2.86 bits per heavy atom. The first-order valence-corrected chi connectivity index (χ1v) is 7.45. The lowest BCUT2D eigenvalue weighted by Crippen LogP contribution is -2.26. The van der Waals surface area contributed by atoms with Gasteiger partial charge in [0.2, 0.25) is 5.91 Å². The van der Waals surface area contributed by atoms with E-state index in [2.05, 4.69) is 10.0 Å². The Morgan fingerprint density at radius 1 is 1.52 bits per heavy atom. The maximum Gasteiger partial charge on any atom is 0.294 e. The molecular weight excluding hydrogens is 298 g/mol. The topological polar surface area (TPSA) is 149 Å². The lowest BCUT2D eigenvalue weighted by molar-refractivity contribution is -0.117. The van der Waals surface area contributed by atoms with E-state index in [1.807, 2.05) is 0 Å². The number of benzene rings is 1. The highest BCUT2D eigenvalue weighted by molar-refractivity contribution is 7.85. The van der Waals surface area contributed by atoms with E-state index in [9.17, 15) is 13.2 Å². The molecule has 1 aromatic rings. The van der Waals surface area contributed by atoms with Crippen molar-refractivity contribution < 1.29 is 17.8 Å². The number of nitrogens with zero attached hydrogens (tertiary/aromatic N) is 4. The summed E-state index contributed by atoms with van der Waals surface area (Å²) in [5.74, 6) is -0.394. The van der Waals surface area contributed by atoms with Crippen molar-refractivity contribution in [1.29, 1.82) is 0 Å². The smallest absolute Gasteiger partial charge is 0.294 e. The highest BCUT2D eigenvalue weighted by Crippen LogP contribution is 2.32. The molecule has 0 aromatic heterocycles. The van der Waals surface area contributed by atoms with Crippen LogP contribution in [-0.2, 0) is 14.9 Å². The molecule has 0 radical (unpaired) electrons. The van der Waals surface area contributed by atoms with E-state index in [0.717, 1.165) is 12.1 Å². The molecule has 10 heteroatoms. The second kappa shape index (κ2) is 5.60. The van der Waals surface area contributed by atoms with Gasteiger partial charge in [0.25, 0.3) is 10.1 Å². The van der Waals surface area contributed by atoms with E-state index in [1.165, 1.54) is 11.0 Å². The summed E-state index contributed by atoms with van der Waals surface area (Å²) in [6.07, 6.45) is 0.189. The van der Waals surface area contributed by atoms with E-state index in [4.69, 9.17) is 15.8 Å². The van der Waals surface area contributed by atoms with Gasteiger partial charge in [-0.25, -0.2) is 0 Å². The van der Waals surface area contributed by atoms with Gasteiger partial charge >= 0.3 is 0 Å². The van der Waals surface area contributed by atoms with Crippen LogP contribution in [0.3, 0.4) is 0 Å². The number of carbonyl (C=O) groups is 1. The Labute approximate surface area is 120 Å². The Hall–Kier alpha value is -2.29. The number of amides is 1. The number of nitrogens with two attached hydrogens (primary N) is 1. The van der Waals surface area contributed by atoms with Gasteiger partial charge in [0.1, 0.15) is 0 Å². The van der Waals surface area contributed by atoms with Gasteiger partial charge in [0.05, 0.1) is 16.3 Å². The number of nitrogen functional groups attached to an aromatic ring is 1. The molecule has 1 atom stereocenters. The zero-order valence-electron chi connectivity index (χ0n) is 10.9. The van der Waals surface area contributed by atoms with Gasteiger partial charge in [0, 0.05) is 24.4 Å². The lowest BCUT2D eigenvalue weighted by atomic mass is 10.1. The number of hydrogen-bond donors (Lipinski definition) is 2. The van der Waals surface area contributed by atoms with Gasteiger partial charge in [-0.05, 0) is 29.6 Å². The van der Waals surface area contributed by atoms with Crippen LogP contribution in [0.15, 0.2) is 28.2 Å². The zero-order chi connectivity index (χ0) is 15.6. The van der Waals surface area contributed by atoms with Crippen LogP contribution in [0.4, 0.5) is 11.4 Å². The van der Waals surface area contributed by atoms with E-state index < -0.39 is 10.1 Å². The van der Waals surface area contributed by atoms with Gasteiger partial charge in [-0.1, -0.05) is 5.11 Å². The molecule has 9 nitrogen and oxygen atoms in total. The molecule has 1 fully saturated rings. The molecule has 0 spiro atoms. The highest BCUT2D eigenvalue weighted by Gasteiger charge is 2.31. The summed E-state index contributed by atoms with van der Waals surface area (Å²) < 4.78 is 31.4. The average molecular weight is 311 g/mol. The molecule has 0 aliphatic carbocycles. The maximum absolute atomic E-state index is 12.0. The van der Waals surface area contributed by atoms with Crippen LogP contribution >= 0.6 is 0 Å². The van der Waals surface area contributed by atoms with Gasteiger partial charge in [-0.3, -0.25) is 9.35 Å². The van der Waals surface area contributed by atoms with Crippen LogP contribution < -0.4 is 10.6 Å². The fraction of sp³-hybridized carbons (Fsp3) is 0.364. The molecule has 1 unspecified atom stereocenters. The number of azide groups is 1. The Bertz CT molecular complexity index is 726. The van der Waals surface area contributed by atoms with Crippen molar-refractivity contribution in [2.45, 2.75) is 11.3 Å². The van der Waals surface area contributed by atoms with Crippen molar-refractivity contribution in [3.8, 4) is 0 Å². The normalized spacial score (nSPS) is 18.6. The fourth-order valence-electron chi connectivity index (χ4n) is 2.21. The van der Waals surface area contributed by atoms with Crippen molar-refractivity contribution in [3.05, 3.63) is 28.6 Å². The van der Waals surface area contributed by atoms with Crippen LogP contribution in [0.25, 0.3) is 10.4 Å². The van der Waals surface area contributed by atoms with Crippen molar-refractivity contribution >= 4 is 27.4 Å². The van der Waals surface area contributed by atoms with Gasteiger partial charge < -0.3 is 10.6 Å². The van der Waals surface area contributed by atoms with Crippen molar-refractivity contribution in [2.24, 2.45) is 11.0 Å². The molecule has 21 heavy (non-hydrogen) atoms. The van der Waals surface area contributed by atoms with Gasteiger partial charge in [-0.15, -0.1) is 0 Å². The SMILES string of the molecule is [N-]=[N+]=NCC1CC(=O)N(c2cc(S(=O)(=O)O)ccc2N)C1. The number of rotatable bonds is 4. The molecule has 1 amide bonds. The summed E-state index contributed by atoms with van der Waals surface area (Å²) in [6.45, 7) is 0.452. The minimum atomic E-state index is -4.38. The average Bonchev–Trinajstić information content (AvgIpc) is 2.76. The molecule has 0 saturated carbocycles. The molecular formula is C11H13N5O4S. The first kappa shape index (κ1) is 15.1. The Balaban J connectivity index is 2.33. The van der Waals surface area contributed by atoms with E-state index in [1.54, 1.807) is 0 Å². The first-order chi connectivity index (χ1) is 9.82. The number of hydrogen-bond acceptors (Lipinski definition) is 5. The summed E-state index contributed by atoms with van der Waals surface area (Å²) in [5.41, 5.74) is 14.5. The third-order valence-corrected chi connectivity index (χ3v) is 4.05. The third kappa shape index (κ3) is 3.24. The molecule has 1 saturated heterocycles. The predicted octanol–water partition coefficient (Wildman–Crippen LogP) is 1.18. The summed E-state index contributed by atoms with van der Waals surface area (Å²) in [7, 11) is -4.38. The standard InChI is InChI=1S/C11H13N5O4S/c12-9-2-1-8(21(18,19)20)4-10(9)16-6-7(3-11(16)17)5-14-15-13/h1-2,4,7H,3,5-6,12H2,(H,18,19,20). The monoisotopic (exact) mass is 311 g/mol. The van der Waals surface area contributed by atoms with Crippen LogP contribution in [0.1, 0.15) is 6.42 Å². The third-order valence-electron chi connectivity index (χ3n) is 3.20. The molecule has 1 heterocycles. The predicted molar refractivity (Wildman–Crippen MR) is 75.1 cm³/mol. The number of anilines is 2. The summed E-state index contributed by atoms with van der Waals surface area (Å²) in [5, 5.41) is 3.43. The largest absolute Gasteiger partial charge is 0.397 e. The maximum atomic E-state index is 12.0. The van der Waals surface area contributed by atoms with Crippen LogP contribution in [-0.4, -0.2) is 32.0 Å². The van der Waals surface area contributed by atoms with Gasteiger partial charge in [-0.2, -0.15) is 8.42 Å².